The van der Waals surface area contributed by atoms with Crippen molar-refractivity contribution in [1.82, 2.24) is 9.80 Å². The van der Waals surface area contributed by atoms with Crippen molar-refractivity contribution in [3.63, 3.8) is 0 Å². The maximum absolute atomic E-state index is 6.30. The maximum atomic E-state index is 6.30. The van der Waals surface area contributed by atoms with Crippen LogP contribution in [0.25, 0.3) is 0 Å². The van der Waals surface area contributed by atoms with Gasteiger partial charge in [-0.3, -0.25) is 9.80 Å². The molecule has 0 aromatic rings. The molecule has 2 fully saturated rings. The Morgan fingerprint density at radius 3 is 2.23 bits per heavy atom. The highest BCUT2D eigenvalue weighted by molar-refractivity contribution is 4.88. The Kier molecular flexibility index (Phi) is 6.29. The van der Waals surface area contributed by atoms with E-state index in [1.165, 1.54) is 0 Å². The molecular formula is C18H36N2O2. The van der Waals surface area contributed by atoms with Gasteiger partial charge in [0.15, 0.2) is 0 Å². The van der Waals surface area contributed by atoms with E-state index < -0.39 is 0 Å². The molecule has 2 unspecified atom stereocenters. The van der Waals surface area contributed by atoms with E-state index >= 15 is 0 Å². The van der Waals surface area contributed by atoms with Crippen molar-refractivity contribution in [2.24, 2.45) is 0 Å². The Balaban J connectivity index is 1.94. The van der Waals surface area contributed by atoms with Crippen LogP contribution in [0.15, 0.2) is 0 Å². The van der Waals surface area contributed by atoms with Gasteiger partial charge in [0.25, 0.3) is 0 Å². The molecular weight excluding hydrogens is 276 g/mol. The Hall–Kier alpha value is -0.160. The molecule has 0 spiro atoms. The van der Waals surface area contributed by atoms with Gasteiger partial charge >= 0.3 is 0 Å². The number of morpholine rings is 2. The molecule has 4 nitrogen and oxygen atoms in total. The van der Waals surface area contributed by atoms with Gasteiger partial charge in [-0.15, -0.1) is 0 Å². The van der Waals surface area contributed by atoms with Crippen LogP contribution in [-0.4, -0.2) is 72.0 Å². The molecule has 2 aliphatic heterocycles. The average Bonchev–Trinajstić information content (AvgIpc) is 2.45. The average molecular weight is 312 g/mol. The number of ether oxygens (including phenoxy) is 2. The zero-order valence-electron chi connectivity index (χ0n) is 15.6. The molecule has 0 radical (unpaired) electrons. The Morgan fingerprint density at radius 1 is 0.955 bits per heavy atom. The topological polar surface area (TPSA) is 24.9 Å². The molecule has 4 heteroatoms. The zero-order chi connectivity index (χ0) is 16.4. The summed E-state index contributed by atoms with van der Waals surface area (Å²) in [5, 5.41) is 0. The van der Waals surface area contributed by atoms with Crippen molar-refractivity contribution in [2.75, 3.05) is 19.7 Å². The Bertz CT molecular complexity index is 350. The van der Waals surface area contributed by atoms with Gasteiger partial charge in [0, 0.05) is 37.3 Å². The first-order chi connectivity index (χ1) is 10.3. The van der Waals surface area contributed by atoms with Crippen LogP contribution < -0.4 is 0 Å². The lowest BCUT2D eigenvalue weighted by atomic mass is 9.99. The summed E-state index contributed by atoms with van der Waals surface area (Å²) in [4.78, 5) is 5.19. The van der Waals surface area contributed by atoms with E-state index in [4.69, 9.17) is 9.47 Å². The third kappa shape index (κ3) is 4.02. The first-order valence-corrected chi connectivity index (χ1v) is 9.09. The molecule has 0 aliphatic carbocycles. The predicted molar refractivity (Wildman–Crippen MR) is 91.3 cm³/mol. The van der Waals surface area contributed by atoms with Crippen LogP contribution in [0.3, 0.4) is 0 Å². The highest BCUT2D eigenvalue weighted by Crippen LogP contribution is 2.25. The summed E-state index contributed by atoms with van der Waals surface area (Å²) < 4.78 is 12.1. The van der Waals surface area contributed by atoms with Gasteiger partial charge in [-0.25, -0.2) is 0 Å². The zero-order valence-corrected chi connectivity index (χ0v) is 15.6. The smallest absolute Gasteiger partial charge is 0.0721 e. The third-order valence-electron chi connectivity index (χ3n) is 5.79. The van der Waals surface area contributed by atoms with Gasteiger partial charge in [0.2, 0.25) is 0 Å². The highest BCUT2D eigenvalue weighted by Gasteiger charge is 2.36. The molecule has 6 atom stereocenters. The van der Waals surface area contributed by atoms with Gasteiger partial charge in [0.05, 0.1) is 24.9 Å². The van der Waals surface area contributed by atoms with E-state index in [1.807, 2.05) is 0 Å². The molecule has 22 heavy (non-hydrogen) atoms. The van der Waals surface area contributed by atoms with E-state index in [0.717, 1.165) is 26.1 Å². The normalized spacial score (nSPS) is 40.1. The van der Waals surface area contributed by atoms with Crippen LogP contribution in [0.1, 0.15) is 54.9 Å². The summed E-state index contributed by atoms with van der Waals surface area (Å²) in [6.45, 7) is 18.9. The Labute approximate surface area is 137 Å². The summed E-state index contributed by atoms with van der Waals surface area (Å²) in [6.07, 6.45) is 2.09. The largest absolute Gasteiger partial charge is 0.376 e. The molecule has 130 valence electrons. The molecule has 2 saturated heterocycles. The fraction of sp³-hybridized carbons (Fsp3) is 1.00. The van der Waals surface area contributed by atoms with Crippen LogP contribution in [0.5, 0.6) is 0 Å². The van der Waals surface area contributed by atoms with Crippen LogP contribution in [0, 0.1) is 0 Å². The third-order valence-corrected chi connectivity index (χ3v) is 5.79. The van der Waals surface area contributed by atoms with Crippen molar-refractivity contribution in [1.29, 1.82) is 0 Å². The minimum atomic E-state index is 0.314. The molecule has 0 amide bonds. The fourth-order valence-electron chi connectivity index (χ4n) is 4.04. The fourth-order valence-corrected chi connectivity index (χ4v) is 4.04. The maximum Gasteiger partial charge on any atom is 0.0721 e. The van der Waals surface area contributed by atoms with Crippen LogP contribution >= 0.6 is 0 Å². The lowest BCUT2D eigenvalue weighted by Gasteiger charge is -2.47. The van der Waals surface area contributed by atoms with Gasteiger partial charge in [-0.2, -0.15) is 0 Å². The monoisotopic (exact) mass is 312 g/mol. The minimum absolute atomic E-state index is 0.314. The molecule has 0 N–H and O–H groups in total. The number of rotatable bonds is 4. The minimum Gasteiger partial charge on any atom is -0.376 e. The molecule has 0 aromatic heterocycles. The first kappa shape index (κ1) is 18.2. The number of hydrogen-bond donors (Lipinski definition) is 0. The number of hydrogen-bond acceptors (Lipinski definition) is 4. The summed E-state index contributed by atoms with van der Waals surface area (Å²) in [5.41, 5.74) is 0. The molecule has 0 bridgehead atoms. The summed E-state index contributed by atoms with van der Waals surface area (Å²) in [7, 11) is 0. The molecule has 2 rings (SSSR count). The van der Waals surface area contributed by atoms with E-state index in [-0.39, 0.29) is 0 Å². The molecule has 0 aromatic carbocycles. The second kappa shape index (κ2) is 7.61. The van der Waals surface area contributed by atoms with Crippen LogP contribution in [0.4, 0.5) is 0 Å². The highest BCUT2D eigenvalue weighted by atomic mass is 16.5. The standard InChI is InChI=1S/C18H36N2O2/c1-12(2)20-11-18(22-17(7)15(20)5)10-13(3)19-8-9-21-16(6)14(19)4/h12-18H,8-11H2,1-7H3/t13?,14-,15-,16+,17-,18?/m0/s1. The van der Waals surface area contributed by atoms with Gasteiger partial charge < -0.3 is 9.47 Å². The first-order valence-electron chi connectivity index (χ1n) is 9.09. The van der Waals surface area contributed by atoms with Gasteiger partial charge in [-0.05, 0) is 54.9 Å². The van der Waals surface area contributed by atoms with Gasteiger partial charge in [-0.1, -0.05) is 0 Å². The predicted octanol–water partition coefficient (Wildman–Crippen LogP) is 2.76. The second-order valence-corrected chi connectivity index (χ2v) is 7.63. The van der Waals surface area contributed by atoms with E-state index in [2.05, 4.69) is 58.3 Å². The van der Waals surface area contributed by atoms with Crippen molar-refractivity contribution in [3.05, 3.63) is 0 Å². The summed E-state index contributed by atoms with van der Waals surface area (Å²) in [6, 6.07) is 2.13. The Morgan fingerprint density at radius 2 is 1.59 bits per heavy atom. The van der Waals surface area contributed by atoms with Crippen LogP contribution in [0.2, 0.25) is 0 Å². The van der Waals surface area contributed by atoms with Crippen molar-refractivity contribution < 1.29 is 9.47 Å². The lowest BCUT2D eigenvalue weighted by Crippen LogP contribution is -2.57. The van der Waals surface area contributed by atoms with E-state index in [1.54, 1.807) is 0 Å². The molecule has 2 heterocycles. The SMILES string of the molecule is CC(C)N1CC(CC(C)N2CCO[C@H](C)[C@@H]2C)O[C@@H](C)[C@@H]1C. The van der Waals surface area contributed by atoms with Crippen LogP contribution in [-0.2, 0) is 9.47 Å². The number of nitrogens with zero attached hydrogens (tertiary/aromatic N) is 2. The second-order valence-electron chi connectivity index (χ2n) is 7.63. The molecule has 0 saturated carbocycles. The van der Waals surface area contributed by atoms with Crippen molar-refractivity contribution >= 4 is 0 Å². The van der Waals surface area contributed by atoms with Gasteiger partial charge in [0.1, 0.15) is 0 Å². The summed E-state index contributed by atoms with van der Waals surface area (Å²) in [5.74, 6) is 0. The summed E-state index contributed by atoms with van der Waals surface area (Å²) >= 11 is 0. The van der Waals surface area contributed by atoms with E-state index in [9.17, 15) is 0 Å². The quantitative estimate of drug-likeness (QED) is 0.797. The molecule has 2 aliphatic rings. The lowest BCUT2D eigenvalue weighted by molar-refractivity contribution is -0.131. The van der Waals surface area contributed by atoms with Crippen molar-refractivity contribution in [3.8, 4) is 0 Å². The van der Waals surface area contributed by atoms with E-state index in [0.29, 0.717) is 42.5 Å². The van der Waals surface area contributed by atoms with Crippen molar-refractivity contribution in [2.45, 2.75) is 97.4 Å².